The predicted octanol–water partition coefficient (Wildman–Crippen LogP) is 5.42. The van der Waals surface area contributed by atoms with Crippen LogP contribution in [0, 0.1) is 12.7 Å². The maximum atomic E-state index is 14.4. The third kappa shape index (κ3) is 6.06. The Kier molecular flexibility index (Phi) is 7.39. The largest absolute Gasteiger partial charge is 0.479 e. The fourth-order valence-electron chi connectivity index (χ4n) is 4.55. The van der Waals surface area contributed by atoms with E-state index in [1.165, 1.54) is 16.9 Å². The number of benzene rings is 1. The van der Waals surface area contributed by atoms with E-state index >= 15 is 0 Å². The van der Waals surface area contributed by atoms with Crippen LogP contribution in [0.15, 0.2) is 46.3 Å². The highest BCUT2D eigenvalue weighted by molar-refractivity contribution is 7.93. The molecule has 0 bridgehead atoms. The minimum atomic E-state index is -5.54. The molecular weight excluding hydrogens is 661 g/mol. The molecule has 1 aliphatic rings. The molecule has 44 heavy (non-hydrogen) atoms. The number of sulfonamides is 1. The van der Waals surface area contributed by atoms with E-state index in [1.807, 2.05) is 0 Å². The van der Waals surface area contributed by atoms with Crippen LogP contribution in [-0.4, -0.2) is 51.2 Å². The summed E-state index contributed by atoms with van der Waals surface area (Å²) in [6.07, 6.45) is -14.8. The number of aromatic nitrogens is 2. The van der Waals surface area contributed by atoms with Gasteiger partial charge in [0, 0.05) is 24.4 Å². The third-order valence-electron chi connectivity index (χ3n) is 6.63. The number of alkyl halides is 8. The quantitative estimate of drug-likeness (QED) is 0.315. The molecular formula is C24H20F9N3O6S2. The van der Waals surface area contributed by atoms with Gasteiger partial charge in [0.2, 0.25) is 5.88 Å². The summed E-state index contributed by atoms with van der Waals surface area (Å²) in [5, 5.41) is 0. The SMILES string of the molecule is [2H]C([2H])([2H])Oc1nc(C(F)(F)F)c(F)cc1NS(=O)(=O)c1cn(S(=O)(=O)c2ccc(C)cc2)c2c1CC[C@@](OC(F)F)(C(F)(F)F)C2. The zero-order valence-electron chi connectivity index (χ0n) is 24.7. The van der Waals surface area contributed by atoms with E-state index in [0.717, 1.165) is 12.1 Å². The van der Waals surface area contributed by atoms with Crippen molar-refractivity contribution in [3.05, 3.63) is 64.9 Å². The Morgan fingerprint density at radius 2 is 1.73 bits per heavy atom. The Bertz CT molecular complexity index is 1900. The molecule has 1 atom stereocenters. The van der Waals surface area contributed by atoms with Crippen LogP contribution in [0.5, 0.6) is 5.88 Å². The number of hydrogen-bond donors (Lipinski definition) is 1. The second-order valence-corrected chi connectivity index (χ2v) is 12.9. The highest BCUT2D eigenvalue weighted by Gasteiger charge is 2.60. The van der Waals surface area contributed by atoms with E-state index in [-0.39, 0.29) is 10.0 Å². The summed E-state index contributed by atoms with van der Waals surface area (Å²) in [5.41, 5.74) is -8.39. The molecule has 2 aromatic heterocycles. The Hall–Kier alpha value is -3.52. The van der Waals surface area contributed by atoms with E-state index < -0.39 is 115 Å². The smallest absolute Gasteiger partial charge is 0.436 e. The van der Waals surface area contributed by atoms with Gasteiger partial charge < -0.3 is 9.47 Å². The number of fused-ring (bicyclic) bond motifs is 1. The first-order valence-corrected chi connectivity index (χ1v) is 14.8. The number of halogens is 9. The van der Waals surface area contributed by atoms with Gasteiger partial charge >= 0.3 is 19.0 Å². The lowest BCUT2D eigenvalue weighted by molar-refractivity contribution is -0.330. The summed E-state index contributed by atoms with van der Waals surface area (Å²) in [7, 11) is -13.9. The Balaban J connectivity index is 1.94. The highest BCUT2D eigenvalue weighted by Crippen LogP contribution is 2.47. The van der Waals surface area contributed by atoms with Crippen molar-refractivity contribution in [2.75, 3.05) is 11.8 Å². The maximum Gasteiger partial charge on any atom is 0.436 e. The molecule has 4 rings (SSSR count). The first-order chi connectivity index (χ1) is 21.3. The third-order valence-corrected chi connectivity index (χ3v) is 9.76. The lowest BCUT2D eigenvalue weighted by atomic mass is 9.83. The number of ether oxygens (including phenoxy) is 2. The van der Waals surface area contributed by atoms with Crippen molar-refractivity contribution in [1.82, 2.24) is 8.96 Å². The molecule has 9 nitrogen and oxygen atoms in total. The van der Waals surface area contributed by atoms with E-state index in [0.29, 0.717) is 11.8 Å². The molecule has 242 valence electrons. The first kappa shape index (κ1) is 29.2. The summed E-state index contributed by atoms with van der Waals surface area (Å²) < 4.78 is 209. The molecule has 0 radical (unpaired) electrons. The molecule has 20 heteroatoms. The molecule has 1 aromatic carbocycles. The van der Waals surface area contributed by atoms with Crippen LogP contribution in [0.1, 0.15) is 33.0 Å². The van der Waals surface area contributed by atoms with Gasteiger partial charge in [-0.25, -0.2) is 30.2 Å². The highest BCUT2D eigenvalue weighted by atomic mass is 32.2. The first-order valence-electron chi connectivity index (χ1n) is 13.3. The van der Waals surface area contributed by atoms with E-state index in [9.17, 15) is 56.3 Å². The number of hydrogen-bond acceptors (Lipinski definition) is 7. The van der Waals surface area contributed by atoms with Gasteiger partial charge in [0.05, 0.1) is 16.0 Å². The van der Waals surface area contributed by atoms with Gasteiger partial charge in [0.25, 0.3) is 20.0 Å². The molecule has 0 saturated heterocycles. The van der Waals surface area contributed by atoms with Crippen LogP contribution in [0.4, 0.5) is 45.2 Å². The van der Waals surface area contributed by atoms with Crippen LogP contribution in [-0.2, 0) is 43.8 Å². The summed E-state index contributed by atoms with van der Waals surface area (Å²) >= 11 is 0. The van der Waals surface area contributed by atoms with Crippen LogP contribution < -0.4 is 9.46 Å². The Morgan fingerprint density at radius 1 is 1.09 bits per heavy atom. The predicted molar refractivity (Wildman–Crippen MR) is 133 cm³/mol. The van der Waals surface area contributed by atoms with Crippen molar-refractivity contribution in [3.8, 4) is 5.88 Å². The van der Waals surface area contributed by atoms with Crippen molar-refractivity contribution in [2.45, 2.75) is 60.5 Å². The van der Waals surface area contributed by atoms with E-state index in [4.69, 9.17) is 4.11 Å². The molecule has 0 spiro atoms. The van der Waals surface area contributed by atoms with Gasteiger partial charge in [-0.05, 0) is 37.5 Å². The summed E-state index contributed by atoms with van der Waals surface area (Å²) in [4.78, 5) is 1.04. The van der Waals surface area contributed by atoms with Gasteiger partial charge in [0.1, 0.15) is 10.6 Å². The molecule has 2 heterocycles. The molecule has 1 aliphatic carbocycles. The average molecular weight is 685 g/mol. The molecule has 0 saturated carbocycles. The standard InChI is InChI=1S/C24H20F9N3O6S2/c1-12-3-5-13(6-4-12)44(39,40)36-11-18(14-7-8-22(10-17(14)36,24(31,32)33)42-21(26)27)43(37,38)35-16-9-15(25)19(23(28,29)30)34-20(16)41-2/h3-6,9,11,21,35H,7-8,10H2,1-2H3/t22-/m0/s1/i2D3. The van der Waals surface area contributed by atoms with Gasteiger partial charge in [0.15, 0.2) is 17.1 Å². The lowest BCUT2D eigenvalue weighted by Gasteiger charge is -2.38. The molecule has 0 unspecified atom stereocenters. The average Bonchev–Trinajstić information content (AvgIpc) is 3.28. The van der Waals surface area contributed by atoms with Gasteiger partial charge in [-0.15, -0.1) is 0 Å². The Labute approximate surface area is 247 Å². The van der Waals surface area contributed by atoms with Crippen molar-refractivity contribution in [2.24, 2.45) is 0 Å². The summed E-state index contributed by atoms with van der Waals surface area (Å²) in [6.45, 7) is -2.44. The Morgan fingerprint density at radius 3 is 2.27 bits per heavy atom. The molecule has 0 amide bonds. The monoisotopic (exact) mass is 684 g/mol. The van der Waals surface area contributed by atoms with Crippen molar-refractivity contribution >= 4 is 25.7 Å². The summed E-state index contributed by atoms with van der Waals surface area (Å²) in [5.74, 6) is -3.79. The minimum absolute atomic E-state index is 0.0987. The van der Waals surface area contributed by atoms with Crippen molar-refractivity contribution in [1.29, 1.82) is 0 Å². The number of pyridine rings is 1. The maximum absolute atomic E-state index is 14.4. The molecule has 3 aromatic rings. The summed E-state index contributed by atoms with van der Waals surface area (Å²) in [6, 6.07) is 4.50. The zero-order valence-corrected chi connectivity index (χ0v) is 23.4. The topological polar surface area (TPSA) is 117 Å². The van der Waals surface area contributed by atoms with Crippen LogP contribution in [0.3, 0.4) is 0 Å². The number of aryl methyl sites for hydroxylation is 1. The second-order valence-electron chi connectivity index (χ2n) is 9.46. The number of anilines is 1. The van der Waals surface area contributed by atoms with Crippen LogP contribution in [0.25, 0.3) is 0 Å². The minimum Gasteiger partial charge on any atom is -0.479 e. The van der Waals surface area contributed by atoms with Gasteiger partial charge in [-0.3, -0.25) is 4.72 Å². The molecule has 1 N–H and O–H groups in total. The molecule has 0 aliphatic heterocycles. The number of nitrogens with one attached hydrogen (secondary N) is 1. The zero-order chi connectivity index (χ0) is 35.5. The number of rotatable bonds is 8. The fraction of sp³-hybridized carbons (Fsp3) is 0.375. The second kappa shape index (κ2) is 11.1. The van der Waals surface area contributed by atoms with Crippen LogP contribution >= 0.6 is 0 Å². The van der Waals surface area contributed by atoms with Gasteiger partial charge in [-0.1, -0.05) is 17.7 Å². The number of nitrogens with zero attached hydrogens (tertiary/aromatic N) is 2. The van der Waals surface area contributed by atoms with Crippen molar-refractivity contribution in [3.63, 3.8) is 0 Å². The fourth-order valence-corrected chi connectivity index (χ4v) is 7.36. The van der Waals surface area contributed by atoms with E-state index in [2.05, 4.69) is 14.5 Å². The van der Waals surface area contributed by atoms with Crippen LogP contribution in [0.2, 0.25) is 0 Å². The molecule has 0 fully saturated rings. The lowest BCUT2D eigenvalue weighted by Crippen LogP contribution is -2.53. The normalized spacial score (nSPS) is 19.2. The number of methoxy groups -OCH3 is 1. The van der Waals surface area contributed by atoms with Crippen molar-refractivity contribution < 1.29 is 69.9 Å². The van der Waals surface area contributed by atoms with Gasteiger partial charge in [-0.2, -0.15) is 35.1 Å². The van der Waals surface area contributed by atoms with E-state index in [1.54, 1.807) is 6.92 Å².